The molecule has 0 aliphatic carbocycles. The molecule has 2 atom stereocenters. The average Bonchev–Trinajstić information content (AvgIpc) is 3.36. The number of pyridine rings is 1. The number of piperazine rings is 1. The molecule has 6 heterocycles. The number of hydrogen-bond donors (Lipinski definition) is 0. The zero-order valence-corrected chi connectivity index (χ0v) is 18.0. The van der Waals surface area contributed by atoms with Crippen LogP contribution in [0.25, 0.3) is 21.3 Å². The molecule has 0 saturated carbocycles. The van der Waals surface area contributed by atoms with Gasteiger partial charge in [-0.3, -0.25) is 9.69 Å². The van der Waals surface area contributed by atoms with E-state index in [1.54, 1.807) is 13.1 Å². The quantitative estimate of drug-likeness (QED) is 0.473. The first-order valence-electron chi connectivity index (χ1n) is 10.6. The summed E-state index contributed by atoms with van der Waals surface area (Å²) < 4.78 is 13.1. The van der Waals surface area contributed by atoms with Gasteiger partial charge in [-0.2, -0.15) is 4.98 Å². The van der Waals surface area contributed by atoms with Gasteiger partial charge in [-0.1, -0.05) is 11.3 Å². The van der Waals surface area contributed by atoms with Crippen LogP contribution in [0.15, 0.2) is 47.0 Å². The van der Waals surface area contributed by atoms with Crippen LogP contribution in [0.5, 0.6) is 10.9 Å². The smallest absolute Gasteiger partial charge is 0.281 e. The molecular weight excluding hydrogens is 412 g/mol. The van der Waals surface area contributed by atoms with Crippen LogP contribution in [-0.4, -0.2) is 50.8 Å². The van der Waals surface area contributed by atoms with Gasteiger partial charge in [0.15, 0.2) is 5.65 Å². The first kappa shape index (κ1) is 18.8. The maximum absolute atomic E-state index is 11.9. The van der Waals surface area contributed by atoms with Crippen LogP contribution >= 0.6 is 11.3 Å². The van der Waals surface area contributed by atoms with E-state index in [1.807, 2.05) is 35.2 Å². The minimum Gasteiger partial charge on any atom is -0.460 e. The predicted octanol–water partition coefficient (Wildman–Crippen LogP) is 4.42. The van der Waals surface area contributed by atoms with Crippen molar-refractivity contribution in [2.75, 3.05) is 13.1 Å². The molecule has 31 heavy (non-hydrogen) atoms. The highest BCUT2D eigenvalue weighted by molar-refractivity contribution is 7.20. The topological polar surface area (TPSA) is 71.7 Å². The zero-order chi connectivity index (χ0) is 20.9. The number of ether oxygens (including phenoxy) is 1. The number of benzene rings is 1. The number of rotatable bonds is 4. The van der Waals surface area contributed by atoms with Gasteiger partial charge >= 0.3 is 0 Å². The highest BCUT2D eigenvalue weighted by Gasteiger charge is 2.40. The molecule has 158 valence electrons. The van der Waals surface area contributed by atoms with Crippen molar-refractivity contribution >= 4 is 38.6 Å². The lowest BCUT2D eigenvalue weighted by Gasteiger charge is -2.51. The van der Waals surface area contributed by atoms with Gasteiger partial charge in [-0.25, -0.2) is 4.98 Å². The molecule has 4 aromatic rings. The molecule has 3 saturated heterocycles. The van der Waals surface area contributed by atoms with E-state index in [4.69, 9.17) is 9.15 Å². The van der Waals surface area contributed by atoms with E-state index in [9.17, 15) is 4.79 Å². The molecule has 2 bridgehead atoms. The predicted molar refractivity (Wildman–Crippen MR) is 118 cm³/mol. The van der Waals surface area contributed by atoms with E-state index < -0.39 is 0 Å². The van der Waals surface area contributed by atoms with Gasteiger partial charge in [0.25, 0.3) is 5.19 Å². The molecule has 0 radical (unpaired) electrons. The minimum absolute atomic E-state index is 0.189. The van der Waals surface area contributed by atoms with Gasteiger partial charge < -0.3 is 14.1 Å². The normalized spacial score (nSPS) is 21.3. The van der Waals surface area contributed by atoms with Crippen molar-refractivity contribution in [1.82, 2.24) is 19.8 Å². The second-order valence-corrected chi connectivity index (χ2v) is 9.30. The van der Waals surface area contributed by atoms with Gasteiger partial charge in [-0.15, -0.1) is 0 Å². The monoisotopic (exact) mass is 434 g/mol. The molecule has 7 rings (SSSR count). The molecule has 0 unspecified atom stereocenters. The third-order valence-electron chi connectivity index (χ3n) is 6.30. The summed E-state index contributed by atoms with van der Waals surface area (Å²) in [6.45, 7) is 4.19. The van der Waals surface area contributed by atoms with Crippen molar-refractivity contribution < 1.29 is 13.9 Å². The first-order valence-corrected chi connectivity index (χ1v) is 11.4. The van der Waals surface area contributed by atoms with Crippen LogP contribution < -0.4 is 4.74 Å². The fraction of sp³-hybridized carbons (Fsp3) is 0.348. The van der Waals surface area contributed by atoms with Crippen LogP contribution in [-0.2, 0) is 11.3 Å². The number of nitrogens with zero attached hydrogens (tertiary/aromatic N) is 4. The lowest BCUT2D eigenvalue weighted by Crippen LogP contribution is -2.63. The Labute approximate surface area is 183 Å². The van der Waals surface area contributed by atoms with Crippen LogP contribution in [0.3, 0.4) is 0 Å². The van der Waals surface area contributed by atoms with Crippen molar-refractivity contribution in [3.8, 4) is 10.9 Å². The van der Waals surface area contributed by atoms with Crippen LogP contribution in [0, 0.1) is 0 Å². The molecule has 0 spiro atoms. The molecule has 3 aliphatic heterocycles. The summed E-state index contributed by atoms with van der Waals surface area (Å²) in [7, 11) is 0. The van der Waals surface area contributed by atoms with Gasteiger partial charge in [-0.05, 0) is 49.2 Å². The molecule has 3 aromatic heterocycles. The number of carbonyl (C=O) groups is 1. The Balaban J connectivity index is 1.19. The molecule has 8 heteroatoms. The second-order valence-electron chi connectivity index (χ2n) is 8.31. The zero-order valence-electron chi connectivity index (χ0n) is 17.2. The molecule has 3 fully saturated rings. The summed E-state index contributed by atoms with van der Waals surface area (Å²) in [5.41, 5.74) is 1.55. The summed E-state index contributed by atoms with van der Waals surface area (Å²) in [6.07, 6.45) is 3.98. The summed E-state index contributed by atoms with van der Waals surface area (Å²) >= 11 is 1.48. The van der Waals surface area contributed by atoms with E-state index in [0.717, 1.165) is 59.7 Å². The molecule has 1 amide bonds. The van der Waals surface area contributed by atoms with Gasteiger partial charge in [0.05, 0.1) is 11.2 Å². The van der Waals surface area contributed by atoms with Crippen molar-refractivity contribution in [3.63, 3.8) is 0 Å². The molecule has 3 aliphatic rings. The van der Waals surface area contributed by atoms with Gasteiger partial charge in [0.2, 0.25) is 5.91 Å². The lowest BCUT2D eigenvalue weighted by molar-refractivity contribution is -0.139. The summed E-state index contributed by atoms with van der Waals surface area (Å²) in [4.78, 5) is 25.0. The standard InChI is InChI=1S/C23H22N4O3S/c1-14(28)27-12-16-4-5-17(27)11-26(16)13-19-10-15-9-18(6-7-20(15)29-19)30-23-25-22-21(31-23)3-2-8-24-22/h2-3,6-10,16-17H,4-5,11-13H2,1H3/t16-,17-/m1/s1. The van der Waals surface area contributed by atoms with Gasteiger partial charge in [0, 0.05) is 43.7 Å². The number of aromatic nitrogens is 2. The Morgan fingerprint density at radius 1 is 1.23 bits per heavy atom. The van der Waals surface area contributed by atoms with Crippen molar-refractivity contribution in [1.29, 1.82) is 0 Å². The van der Waals surface area contributed by atoms with E-state index in [-0.39, 0.29) is 5.91 Å². The number of carbonyl (C=O) groups excluding carboxylic acids is 1. The molecular formula is C23H22N4O3S. The fourth-order valence-electron chi connectivity index (χ4n) is 4.81. The fourth-order valence-corrected chi connectivity index (χ4v) is 5.60. The largest absolute Gasteiger partial charge is 0.460 e. The lowest BCUT2D eigenvalue weighted by atomic mass is 9.90. The molecule has 0 N–H and O–H groups in total. The third kappa shape index (κ3) is 3.45. The summed E-state index contributed by atoms with van der Waals surface area (Å²) in [5, 5.41) is 1.59. The van der Waals surface area contributed by atoms with E-state index in [0.29, 0.717) is 22.9 Å². The van der Waals surface area contributed by atoms with Gasteiger partial charge in [0.1, 0.15) is 17.1 Å². The SMILES string of the molecule is CC(=O)N1C[C@H]2CC[C@@H]1CN2Cc1cc2cc(Oc3nc4ncccc4s3)ccc2o1. The molecule has 1 aromatic carbocycles. The Morgan fingerprint density at radius 2 is 2.13 bits per heavy atom. The van der Waals surface area contributed by atoms with Crippen LogP contribution in [0.2, 0.25) is 0 Å². The van der Waals surface area contributed by atoms with Crippen molar-refractivity contribution in [3.05, 3.63) is 48.4 Å². The Morgan fingerprint density at radius 3 is 2.94 bits per heavy atom. The maximum Gasteiger partial charge on any atom is 0.281 e. The average molecular weight is 435 g/mol. The summed E-state index contributed by atoms with van der Waals surface area (Å²) in [5.74, 6) is 1.86. The van der Waals surface area contributed by atoms with Crippen molar-refractivity contribution in [2.24, 2.45) is 0 Å². The van der Waals surface area contributed by atoms with Crippen molar-refractivity contribution in [2.45, 2.75) is 38.4 Å². The third-order valence-corrected chi connectivity index (χ3v) is 7.18. The number of furan rings is 1. The molecule has 7 nitrogen and oxygen atoms in total. The second kappa shape index (κ2) is 7.32. The Hall–Kier alpha value is -2.97. The van der Waals surface area contributed by atoms with Crippen LogP contribution in [0.1, 0.15) is 25.5 Å². The maximum atomic E-state index is 11.9. The van der Waals surface area contributed by atoms with Crippen LogP contribution in [0.4, 0.5) is 0 Å². The Bertz CT molecular complexity index is 1250. The number of thiazole rings is 1. The van der Waals surface area contributed by atoms with E-state index in [2.05, 4.69) is 20.9 Å². The highest BCUT2D eigenvalue weighted by Crippen LogP contribution is 2.34. The highest BCUT2D eigenvalue weighted by atomic mass is 32.1. The Kier molecular flexibility index (Phi) is 4.43. The van der Waals surface area contributed by atoms with E-state index in [1.165, 1.54) is 11.3 Å². The number of fused-ring (bicyclic) bond motifs is 5. The summed E-state index contributed by atoms with van der Waals surface area (Å²) in [6, 6.07) is 12.6. The number of piperidine rings is 2. The minimum atomic E-state index is 0.189. The first-order chi connectivity index (χ1) is 15.1. The van der Waals surface area contributed by atoms with E-state index >= 15 is 0 Å². The number of hydrogen-bond acceptors (Lipinski definition) is 7. The number of amides is 1.